The Balaban J connectivity index is 2.58. The smallest absolute Gasteiger partial charge is 0.337 e. The van der Waals surface area contributed by atoms with Crippen LogP contribution in [-0.4, -0.2) is 30.6 Å². The number of nitrogens with one attached hydrogen (secondary N) is 1. The van der Waals surface area contributed by atoms with Gasteiger partial charge in [0.2, 0.25) is 0 Å². The minimum absolute atomic E-state index is 0.0841. The molecule has 126 valence electrons. The molecule has 0 saturated carbocycles. The minimum atomic E-state index is -0.655. The average molecular weight is 328 g/mol. The normalized spacial score (nSPS) is 17.2. The maximum absolute atomic E-state index is 12.5. The highest BCUT2D eigenvalue weighted by atomic mass is 16.5. The standard InChI is InChI=1S/C18H20N2O4/c1-5-10-24-18(22)15-12(3)20-11(2)14(17(21)23-4)16(15)13-8-6-7-9-19-13/h5-9,16,20H,1,10H2,2-4H3. The fraction of sp³-hybridized carbons (Fsp3) is 0.278. The number of aromatic nitrogens is 1. The zero-order chi connectivity index (χ0) is 17.7. The van der Waals surface area contributed by atoms with Crippen LogP contribution in [-0.2, 0) is 19.1 Å². The Bertz CT molecular complexity index is 720. The molecule has 6 heteroatoms. The van der Waals surface area contributed by atoms with Gasteiger partial charge < -0.3 is 14.8 Å². The van der Waals surface area contributed by atoms with Gasteiger partial charge in [-0.3, -0.25) is 4.98 Å². The zero-order valence-electron chi connectivity index (χ0n) is 14.0. The molecule has 2 rings (SSSR count). The number of dihydropyridines is 1. The summed E-state index contributed by atoms with van der Waals surface area (Å²) in [6, 6.07) is 5.34. The number of hydrogen-bond acceptors (Lipinski definition) is 6. The van der Waals surface area contributed by atoms with Crippen LogP contribution in [0.25, 0.3) is 0 Å². The molecule has 0 spiro atoms. The van der Waals surface area contributed by atoms with E-state index in [1.807, 2.05) is 0 Å². The summed E-state index contributed by atoms with van der Waals surface area (Å²) in [5.74, 6) is -1.70. The number of rotatable bonds is 5. The van der Waals surface area contributed by atoms with Gasteiger partial charge in [0, 0.05) is 17.6 Å². The van der Waals surface area contributed by atoms with Crippen molar-refractivity contribution >= 4 is 11.9 Å². The Kier molecular flexibility index (Phi) is 5.52. The Morgan fingerprint density at radius 3 is 2.46 bits per heavy atom. The van der Waals surface area contributed by atoms with Crippen LogP contribution in [0.2, 0.25) is 0 Å². The molecule has 0 bridgehead atoms. The van der Waals surface area contributed by atoms with Crippen molar-refractivity contribution in [1.29, 1.82) is 0 Å². The summed E-state index contributed by atoms with van der Waals surface area (Å²) in [6.07, 6.45) is 3.10. The first-order chi connectivity index (χ1) is 11.5. The molecular weight excluding hydrogens is 308 g/mol. The van der Waals surface area contributed by atoms with Gasteiger partial charge in [0.15, 0.2) is 0 Å². The van der Waals surface area contributed by atoms with E-state index in [4.69, 9.17) is 9.47 Å². The third kappa shape index (κ3) is 3.37. The topological polar surface area (TPSA) is 77.5 Å². The lowest BCUT2D eigenvalue weighted by Gasteiger charge is -2.29. The second-order valence-electron chi connectivity index (χ2n) is 5.27. The fourth-order valence-electron chi connectivity index (χ4n) is 2.70. The number of nitrogens with zero attached hydrogens (tertiary/aromatic N) is 1. The van der Waals surface area contributed by atoms with E-state index in [0.29, 0.717) is 28.2 Å². The molecular formula is C18H20N2O4. The molecule has 24 heavy (non-hydrogen) atoms. The molecule has 0 aliphatic carbocycles. The molecule has 0 aromatic carbocycles. The highest BCUT2D eigenvalue weighted by molar-refractivity contribution is 5.99. The summed E-state index contributed by atoms with van der Waals surface area (Å²) in [6.45, 7) is 7.15. The highest BCUT2D eigenvalue weighted by Gasteiger charge is 2.38. The summed E-state index contributed by atoms with van der Waals surface area (Å²) >= 11 is 0. The van der Waals surface area contributed by atoms with Gasteiger partial charge in [0.1, 0.15) is 6.61 Å². The first-order valence-electron chi connectivity index (χ1n) is 7.47. The molecule has 1 aromatic heterocycles. The summed E-state index contributed by atoms with van der Waals surface area (Å²) in [4.78, 5) is 29.2. The van der Waals surface area contributed by atoms with Gasteiger partial charge in [-0.05, 0) is 26.0 Å². The van der Waals surface area contributed by atoms with E-state index in [1.165, 1.54) is 13.2 Å². The van der Waals surface area contributed by atoms with Gasteiger partial charge in [0.25, 0.3) is 0 Å². The lowest BCUT2D eigenvalue weighted by molar-refractivity contribution is -0.138. The number of ether oxygens (including phenoxy) is 2. The lowest BCUT2D eigenvalue weighted by atomic mass is 9.83. The van der Waals surface area contributed by atoms with Crippen LogP contribution in [0.5, 0.6) is 0 Å². The van der Waals surface area contributed by atoms with Crippen molar-refractivity contribution in [3.63, 3.8) is 0 Å². The fourth-order valence-corrected chi connectivity index (χ4v) is 2.70. The number of esters is 2. The van der Waals surface area contributed by atoms with Crippen LogP contribution < -0.4 is 5.32 Å². The summed E-state index contributed by atoms with van der Waals surface area (Å²) < 4.78 is 10.1. The molecule has 6 nitrogen and oxygen atoms in total. The number of pyridine rings is 1. The van der Waals surface area contributed by atoms with E-state index < -0.39 is 17.9 Å². The number of allylic oxidation sites excluding steroid dienone is 2. The Morgan fingerprint density at radius 1 is 1.25 bits per heavy atom. The second-order valence-corrected chi connectivity index (χ2v) is 5.27. The first kappa shape index (κ1) is 17.5. The van der Waals surface area contributed by atoms with Gasteiger partial charge >= 0.3 is 11.9 Å². The average Bonchev–Trinajstić information content (AvgIpc) is 2.59. The van der Waals surface area contributed by atoms with Crippen molar-refractivity contribution in [2.75, 3.05) is 13.7 Å². The maximum Gasteiger partial charge on any atom is 0.337 e. The Hall–Kier alpha value is -2.89. The number of methoxy groups -OCH3 is 1. The van der Waals surface area contributed by atoms with Crippen LogP contribution in [0.1, 0.15) is 25.5 Å². The monoisotopic (exact) mass is 328 g/mol. The lowest BCUT2D eigenvalue weighted by Crippen LogP contribution is -2.32. The molecule has 1 N–H and O–H groups in total. The van der Waals surface area contributed by atoms with E-state index in [-0.39, 0.29) is 6.61 Å². The SMILES string of the molecule is C=CCOC(=O)C1=C(C)NC(C)=C(C(=O)OC)C1c1ccccn1. The summed E-state index contributed by atoms with van der Waals surface area (Å²) in [5.41, 5.74) is 2.48. The molecule has 0 radical (unpaired) electrons. The Morgan fingerprint density at radius 2 is 1.92 bits per heavy atom. The number of hydrogen-bond donors (Lipinski definition) is 1. The molecule has 2 heterocycles. The molecule has 1 aliphatic rings. The van der Waals surface area contributed by atoms with Gasteiger partial charge in [-0.15, -0.1) is 0 Å². The van der Waals surface area contributed by atoms with Crippen molar-refractivity contribution in [1.82, 2.24) is 10.3 Å². The van der Waals surface area contributed by atoms with Crippen molar-refractivity contribution in [3.05, 3.63) is 65.3 Å². The van der Waals surface area contributed by atoms with Crippen LogP contribution in [0.4, 0.5) is 0 Å². The Labute approximate surface area is 140 Å². The van der Waals surface area contributed by atoms with E-state index in [0.717, 1.165) is 0 Å². The van der Waals surface area contributed by atoms with Crippen LogP contribution in [0.3, 0.4) is 0 Å². The first-order valence-corrected chi connectivity index (χ1v) is 7.47. The van der Waals surface area contributed by atoms with Crippen molar-refractivity contribution in [3.8, 4) is 0 Å². The number of carbonyl (C=O) groups excluding carboxylic acids is 2. The minimum Gasteiger partial charge on any atom is -0.466 e. The molecule has 0 fully saturated rings. The van der Waals surface area contributed by atoms with Crippen molar-refractivity contribution in [2.24, 2.45) is 0 Å². The van der Waals surface area contributed by atoms with E-state index in [2.05, 4.69) is 16.9 Å². The van der Waals surface area contributed by atoms with Crippen LogP contribution in [0, 0.1) is 0 Å². The summed E-state index contributed by atoms with van der Waals surface area (Å²) in [7, 11) is 1.30. The quantitative estimate of drug-likeness (QED) is 0.660. The van der Waals surface area contributed by atoms with E-state index in [9.17, 15) is 9.59 Å². The third-order valence-electron chi connectivity index (χ3n) is 3.70. The van der Waals surface area contributed by atoms with Gasteiger partial charge in [-0.1, -0.05) is 18.7 Å². The molecule has 1 unspecified atom stereocenters. The predicted octanol–water partition coefficient (Wildman–Crippen LogP) is 2.22. The largest absolute Gasteiger partial charge is 0.466 e. The maximum atomic E-state index is 12.5. The molecule has 0 saturated heterocycles. The third-order valence-corrected chi connectivity index (χ3v) is 3.70. The number of carbonyl (C=O) groups is 2. The molecule has 1 atom stereocenters. The van der Waals surface area contributed by atoms with E-state index >= 15 is 0 Å². The van der Waals surface area contributed by atoms with Crippen LogP contribution >= 0.6 is 0 Å². The van der Waals surface area contributed by atoms with Gasteiger partial charge in [0.05, 0.1) is 29.9 Å². The van der Waals surface area contributed by atoms with Crippen molar-refractivity contribution < 1.29 is 19.1 Å². The van der Waals surface area contributed by atoms with Crippen LogP contribution in [0.15, 0.2) is 59.6 Å². The predicted molar refractivity (Wildman–Crippen MR) is 88.7 cm³/mol. The van der Waals surface area contributed by atoms with Gasteiger partial charge in [-0.25, -0.2) is 9.59 Å². The molecule has 0 amide bonds. The van der Waals surface area contributed by atoms with Crippen molar-refractivity contribution in [2.45, 2.75) is 19.8 Å². The highest BCUT2D eigenvalue weighted by Crippen LogP contribution is 2.38. The second kappa shape index (κ2) is 7.59. The molecule has 1 aliphatic heterocycles. The van der Waals surface area contributed by atoms with Gasteiger partial charge in [-0.2, -0.15) is 0 Å². The summed E-state index contributed by atoms with van der Waals surface area (Å²) in [5, 5.41) is 3.06. The van der Waals surface area contributed by atoms with E-state index in [1.54, 1.807) is 38.2 Å². The molecule has 1 aromatic rings. The zero-order valence-corrected chi connectivity index (χ0v) is 14.0.